The molecule has 0 saturated carbocycles. The Balaban J connectivity index is 1.65. The Kier molecular flexibility index (Phi) is 6.26. The molecule has 8 heteroatoms. The molecule has 1 saturated heterocycles. The van der Waals surface area contributed by atoms with Gasteiger partial charge in [0.15, 0.2) is 0 Å². The second-order valence-electron chi connectivity index (χ2n) is 6.48. The Hall–Kier alpha value is -1.93. The molecule has 7 nitrogen and oxygen atoms in total. The van der Waals surface area contributed by atoms with Crippen LogP contribution in [-0.4, -0.2) is 58.6 Å². The molecule has 2 aromatic rings. The third-order valence-corrected chi connectivity index (χ3v) is 4.76. The quantitative estimate of drug-likeness (QED) is 0.769. The van der Waals surface area contributed by atoms with Crippen molar-refractivity contribution in [3.8, 4) is 0 Å². The van der Waals surface area contributed by atoms with Crippen molar-refractivity contribution in [1.82, 2.24) is 14.7 Å². The Labute approximate surface area is 157 Å². The number of aromatic nitrogens is 2. The van der Waals surface area contributed by atoms with Crippen molar-refractivity contribution in [3.63, 3.8) is 0 Å². The van der Waals surface area contributed by atoms with Gasteiger partial charge in [-0.3, -0.25) is 14.4 Å². The van der Waals surface area contributed by atoms with E-state index >= 15 is 0 Å². The summed E-state index contributed by atoms with van der Waals surface area (Å²) in [5.74, 6) is -0.214. The van der Waals surface area contributed by atoms with Crippen LogP contribution in [0.3, 0.4) is 0 Å². The van der Waals surface area contributed by atoms with Crippen LogP contribution in [-0.2, 0) is 16.1 Å². The van der Waals surface area contributed by atoms with E-state index in [1.807, 2.05) is 35.1 Å². The Morgan fingerprint density at radius 3 is 3.08 bits per heavy atom. The van der Waals surface area contributed by atoms with Crippen LogP contribution in [0.15, 0.2) is 36.7 Å². The van der Waals surface area contributed by atoms with Gasteiger partial charge in [0.2, 0.25) is 5.91 Å². The summed E-state index contributed by atoms with van der Waals surface area (Å²) in [6.45, 7) is 1.59. The summed E-state index contributed by atoms with van der Waals surface area (Å²) in [6, 6.07) is 7.96. The minimum atomic E-state index is -0.214. The molecule has 1 aliphatic heterocycles. The zero-order valence-corrected chi connectivity index (χ0v) is 15.4. The van der Waals surface area contributed by atoms with Crippen LogP contribution in [0.2, 0.25) is 5.02 Å². The number of nitrogens with zero attached hydrogens (tertiary/aromatic N) is 3. The number of benzene rings is 1. The van der Waals surface area contributed by atoms with Gasteiger partial charge >= 0.3 is 0 Å². The molecule has 0 unspecified atom stereocenters. The zero-order chi connectivity index (χ0) is 18.5. The van der Waals surface area contributed by atoms with Crippen LogP contribution in [0.1, 0.15) is 18.0 Å². The largest absolute Gasteiger partial charge is 0.395 e. The summed E-state index contributed by atoms with van der Waals surface area (Å²) < 4.78 is 6.66. The lowest BCUT2D eigenvalue weighted by molar-refractivity contribution is -0.119. The topological polar surface area (TPSA) is 79.6 Å². The molecule has 0 aliphatic carbocycles. The number of rotatable bonds is 7. The fourth-order valence-electron chi connectivity index (χ4n) is 3.33. The van der Waals surface area contributed by atoms with E-state index in [0.717, 1.165) is 25.1 Å². The van der Waals surface area contributed by atoms with E-state index in [0.29, 0.717) is 10.7 Å². The smallest absolute Gasteiger partial charge is 0.250 e. The Morgan fingerprint density at radius 2 is 2.35 bits per heavy atom. The Morgan fingerprint density at radius 1 is 1.50 bits per heavy atom. The first-order chi connectivity index (χ1) is 12.6. The predicted octanol–water partition coefficient (Wildman–Crippen LogP) is 1.93. The molecule has 26 heavy (non-hydrogen) atoms. The normalized spacial score (nSPS) is 20.4. The zero-order valence-electron chi connectivity index (χ0n) is 14.6. The SMILES string of the molecule is COCC(=O)Nc1cnn([C@H]2C[C@@H](CO)N(Cc3cccc(Cl)c3)C2)c1. The fraction of sp³-hybridized carbons (Fsp3) is 0.444. The van der Waals surface area contributed by atoms with Gasteiger partial charge in [-0.1, -0.05) is 23.7 Å². The maximum atomic E-state index is 11.6. The van der Waals surface area contributed by atoms with Crippen LogP contribution < -0.4 is 5.32 Å². The van der Waals surface area contributed by atoms with E-state index < -0.39 is 0 Å². The lowest BCUT2D eigenvalue weighted by Gasteiger charge is -2.22. The predicted molar refractivity (Wildman–Crippen MR) is 99.1 cm³/mol. The lowest BCUT2D eigenvalue weighted by atomic mass is 10.1. The molecule has 1 amide bonds. The maximum absolute atomic E-state index is 11.6. The molecule has 2 atom stereocenters. The molecule has 2 heterocycles. The number of anilines is 1. The van der Waals surface area contributed by atoms with Crippen molar-refractivity contribution in [2.75, 3.05) is 32.2 Å². The number of hydrogen-bond donors (Lipinski definition) is 2. The first-order valence-electron chi connectivity index (χ1n) is 8.51. The number of aliphatic hydroxyl groups is 1. The molecule has 0 radical (unpaired) electrons. The number of ether oxygens (including phenoxy) is 1. The van der Waals surface area contributed by atoms with Crippen molar-refractivity contribution in [1.29, 1.82) is 0 Å². The molecular formula is C18H23ClN4O3. The number of carbonyl (C=O) groups is 1. The van der Waals surface area contributed by atoms with Gasteiger partial charge in [-0.25, -0.2) is 0 Å². The minimum absolute atomic E-state index is 0.00854. The summed E-state index contributed by atoms with van der Waals surface area (Å²) in [4.78, 5) is 13.8. The van der Waals surface area contributed by atoms with Crippen LogP contribution >= 0.6 is 11.6 Å². The Bertz CT molecular complexity index is 752. The van der Waals surface area contributed by atoms with Crippen molar-refractivity contribution in [2.24, 2.45) is 0 Å². The fourth-order valence-corrected chi connectivity index (χ4v) is 3.55. The summed E-state index contributed by atoms with van der Waals surface area (Å²) in [7, 11) is 1.48. The monoisotopic (exact) mass is 378 g/mol. The molecule has 1 aromatic carbocycles. The third kappa shape index (κ3) is 4.62. The molecule has 0 spiro atoms. The van der Waals surface area contributed by atoms with Gasteiger partial charge in [0.25, 0.3) is 0 Å². The molecule has 140 valence electrons. The summed E-state index contributed by atoms with van der Waals surface area (Å²) >= 11 is 6.07. The molecule has 3 rings (SSSR count). The van der Waals surface area contributed by atoms with Gasteiger partial charge in [-0.2, -0.15) is 5.10 Å². The number of nitrogens with one attached hydrogen (secondary N) is 1. The summed E-state index contributed by atoms with van der Waals surface area (Å²) in [5.41, 5.74) is 1.76. The number of amides is 1. The van der Waals surface area contributed by atoms with Crippen LogP contribution in [0.4, 0.5) is 5.69 Å². The average Bonchev–Trinajstić information content (AvgIpc) is 3.22. The van der Waals surface area contributed by atoms with E-state index in [9.17, 15) is 9.90 Å². The van der Waals surface area contributed by atoms with Crippen molar-refractivity contribution >= 4 is 23.2 Å². The average molecular weight is 379 g/mol. The number of methoxy groups -OCH3 is 1. The number of carbonyl (C=O) groups excluding carboxylic acids is 1. The maximum Gasteiger partial charge on any atom is 0.250 e. The first kappa shape index (κ1) is 18.8. The highest BCUT2D eigenvalue weighted by Crippen LogP contribution is 2.29. The van der Waals surface area contributed by atoms with Crippen molar-refractivity contribution in [2.45, 2.75) is 25.0 Å². The highest BCUT2D eigenvalue weighted by molar-refractivity contribution is 6.30. The molecule has 1 aliphatic rings. The molecule has 2 N–H and O–H groups in total. The van der Waals surface area contributed by atoms with Gasteiger partial charge in [0.05, 0.1) is 24.5 Å². The number of likely N-dealkylation sites (tertiary alicyclic amines) is 1. The summed E-state index contributed by atoms with van der Waals surface area (Å²) in [5, 5.41) is 17.6. The third-order valence-electron chi connectivity index (χ3n) is 4.53. The number of halogens is 1. The van der Waals surface area contributed by atoms with Gasteiger partial charge in [-0.15, -0.1) is 0 Å². The second kappa shape index (κ2) is 8.64. The lowest BCUT2D eigenvalue weighted by Crippen LogP contribution is -2.31. The van der Waals surface area contributed by atoms with Gasteiger partial charge in [0, 0.05) is 37.5 Å². The molecule has 0 bridgehead atoms. The van der Waals surface area contributed by atoms with Gasteiger partial charge in [-0.05, 0) is 24.1 Å². The van der Waals surface area contributed by atoms with E-state index in [1.165, 1.54) is 7.11 Å². The highest BCUT2D eigenvalue weighted by atomic mass is 35.5. The van der Waals surface area contributed by atoms with E-state index in [2.05, 4.69) is 15.3 Å². The van der Waals surface area contributed by atoms with Gasteiger partial charge < -0.3 is 15.2 Å². The number of aliphatic hydroxyl groups excluding tert-OH is 1. The highest BCUT2D eigenvalue weighted by Gasteiger charge is 2.33. The minimum Gasteiger partial charge on any atom is -0.395 e. The van der Waals surface area contributed by atoms with Gasteiger partial charge in [0.1, 0.15) is 6.61 Å². The van der Waals surface area contributed by atoms with Crippen LogP contribution in [0.5, 0.6) is 0 Å². The first-order valence-corrected chi connectivity index (χ1v) is 8.89. The number of hydrogen-bond acceptors (Lipinski definition) is 5. The van der Waals surface area contributed by atoms with Crippen molar-refractivity contribution < 1.29 is 14.6 Å². The van der Waals surface area contributed by atoms with E-state index in [-0.39, 0.29) is 31.2 Å². The standard InChI is InChI=1S/C18H23ClN4O3/c1-26-12-18(25)21-15-7-20-23(9-15)16-6-17(11-24)22(10-16)8-13-3-2-4-14(19)5-13/h2-5,7,9,16-17,24H,6,8,10-12H2,1H3,(H,21,25)/t16-,17-/m0/s1. The second-order valence-corrected chi connectivity index (χ2v) is 6.91. The van der Waals surface area contributed by atoms with E-state index in [4.69, 9.17) is 16.3 Å². The van der Waals surface area contributed by atoms with Crippen LogP contribution in [0, 0.1) is 0 Å². The summed E-state index contributed by atoms with van der Waals surface area (Å²) in [6.07, 6.45) is 4.24. The molecule has 1 fully saturated rings. The van der Waals surface area contributed by atoms with Crippen molar-refractivity contribution in [3.05, 3.63) is 47.2 Å². The van der Waals surface area contributed by atoms with E-state index in [1.54, 1.807) is 6.20 Å². The molecular weight excluding hydrogens is 356 g/mol. The molecule has 1 aromatic heterocycles. The van der Waals surface area contributed by atoms with Crippen LogP contribution in [0.25, 0.3) is 0 Å².